The van der Waals surface area contributed by atoms with E-state index in [9.17, 15) is 0 Å². The van der Waals surface area contributed by atoms with Gasteiger partial charge in [-0.3, -0.25) is 0 Å². The van der Waals surface area contributed by atoms with Gasteiger partial charge in [-0.05, 0) is 34.7 Å². The predicted molar refractivity (Wildman–Crippen MR) is 72.8 cm³/mol. The number of halogens is 1. The van der Waals surface area contributed by atoms with Crippen molar-refractivity contribution in [1.82, 2.24) is 14.9 Å². The summed E-state index contributed by atoms with van der Waals surface area (Å²) in [7, 11) is 2.11. The lowest BCUT2D eigenvalue weighted by Crippen LogP contribution is -2.31. The lowest BCUT2D eigenvalue weighted by molar-refractivity contribution is 0.284. The van der Waals surface area contributed by atoms with Gasteiger partial charge in [-0.25, -0.2) is 9.97 Å². The minimum absolute atomic E-state index is 0.525. The molecule has 0 aliphatic rings. The highest BCUT2D eigenvalue weighted by atomic mass is 35.5. The lowest BCUT2D eigenvalue weighted by atomic mass is 10.3. The molecule has 17 heavy (non-hydrogen) atoms. The first-order valence-corrected chi connectivity index (χ1v) is 6.24. The number of likely N-dealkylation sites (N-methyl/N-ethyl adjacent to an activating group) is 1. The Morgan fingerprint density at radius 1 is 1.29 bits per heavy atom. The van der Waals surface area contributed by atoms with Crippen LogP contribution in [-0.4, -0.2) is 41.0 Å². The van der Waals surface area contributed by atoms with Crippen molar-refractivity contribution in [2.45, 2.75) is 33.7 Å². The standard InChI is InChI=1S/C12H21ClN4/c1-8(2)17(5)7-6-14-12-9(3)11(13)15-10(4)16-12/h8H,6-7H2,1-5H3,(H,14,15,16). The van der Waals surface area contributed by atoms with Crippen molar-refractivity contribution in [3.63, 3.8) is 0 Å². The zero-order chi connectivity index (χ0) is 13.0. The molecule has 1 N–H and O–H groups in total. The summed E-state index contributed by atoms with van der Waals surface area (Å²) in [4.78, 5) is 10.7. The zero-order valence-electron chi connectivity index (χ0n) is 11.2. The van der Waals surface area contributed by atoms with Crippen LogP contribution in [0, 0.1) is 13.8 Å². The Bertz CT molecular complexity index is 379. The maximum Gasteiger partial charge on any atom is 0.137 e. The van der Waals surface area contributed by atoms with E-state index in [4.69, 9.17) is 11.6 Å². The summed E-state index contributed by atoms with van der Waals surface area (Å²) in [6.45, 7) is 9.95. The van der Waals surface area contributed by atoms with E-state index >= 15 is 0 Å². The molecule has 5 heteroatoms. The normalized spacial score (nSPS) is 11.3. The van der Waals surface area contributed by atoms with Crippen LogP contribution in [0.1, 0.15) is 25.2 Å². The molecule has 0 atom stereocenters. The molecule has 0 amide bonds. The van der Waals surface area contributed by atoms with E-state index in [0.29, 0.717) is 17.0 Å². The minimum atomic E-state index is 0.525. The number of nitrogens with one attached hydrogen (secondary N) is 1. The number of hydrogen-bond acceptors (Lipinski definition) is 4. The average Bonchev–Trinajstić information content (AvgIpc) is 2.24. The largest absolute Gasteiger partial charge is 0.368 e. The Kier molecular flexibility index (Phi) is 5.15. The smallest absolute Gasteiger partial charge is 0.137 e. The van der Waals surface area contributed by atoms with Gasteiger partial charge >= 0.3 is 0 Å². The number of anilines is 1. The number of hydrogen-bond donors (Lipinski definition) is 1. The summed E-state index contributed by atoms with van der Waals surface area (Å²) < 4.78 is 0. The molecular weight excluding hydrogens is 236 g/mol. The molecule has 0 spiro atoms. The molecule has 0 saturated carbocycles. The van der Waals surface area contributed by atoms with Gasteiger partial charge in [0.1, 0.15) is 16.8 Å². The molecule has 0 bridgehead atoms. The average molecular weight is 257 g/mol. The molecule has 1 heterocycles. The molecule has 1 aromatic rings. The summed E-state index contributed by atoms with van der Waals surface area (Å²) in [5, 5.41) is 3.83. The van der Waals surface area contributed by atoms with Crippen molar-refractivity contribution >= 4 is 17.4 Å². The molecule has 0 fully saturated rings. The van der Waals surface area contributed by atoms with Crippen LogP contribution in [0.3, 0.4) is 0 Å². The SMILES string of the molecule is Cc1nc(Cl)c(C)c(NCCN(C)C(C)C)n1. The lowest BCUT2D eigenvalue weighted by Gasteiger charge is -2.21. The maximum absolute atomic E-state index is 6.01. The highest BCUT2D eigenvalue weighted by Crippen LogP contribution is 2.19. The molecular formula is C12H21ClN4. The van der Waals surface area contributed by atoms with Gasteiger partial charge in [-0.1, -0.05) is 11.6 Å². The fourth-order valence-corrected chi connectivity index (χ4v) is 1.59. The quantitative estimate of drug-likeness (QED) is 0.822. The highest BCUT2D eigenvalue weighted by Gasteiger charge is 2.07. The molecule has 0 saturated heterocycles. The first kappa shape index (κ1) is 14.2. The maximum atomic E-state index is 6.01. The minimum Gasteiger partial charge on any atom is -0.368 e. The van der Waals surface area contributed by atoms with Gasteiger partial charge in [0.05, 0.1) is 0 Å². The molecule has 96 valence electrons. The first-order chi connectivity index (χ1) is 7.91. The van der Waals surface area contributed by atoms with Crippen molar-refractivity contribution < 1.29 is 0 Å². The van der Waals surface area contributed by atoms with Gasteiger partial charge in [0.25, 0.3) is 0 Å². The van der Waals surface area contributed by atoms with Crippen molar-refractivity contribution in [2.75, 3.05) is 25.5 Å². The van der Waals surface area contributed by atoms with Gasteiger partial charge in [0, 0.05) is 24.7 Å². The van der Waals surface area contributed by atoms with Crippen LogP contribution < -0.4 is 5.32 Å². The highest BCUT2D eigenvalue weighted by molar-refractivity contribution is 6.30. The van der Waals surface area contributed by atoms with Gasteiger partial charge < -0.3 is 10.2 Å². The van der Waals surface area contributed by atoms with E-state index in [0.717, 1.165) is 24.5 Å². The number of nitrogens with zero attached hydrogens (tertiary/aromatic N) is 3. The van der Waals surface area contributed by atoms with Crippen LogP contribution in [-0.2, 0) is 0 Å². The Hall–Kier alpha value is -0.870. The number of aryl methyl sites for hydroxylation is 1. The third-order valence-electron chi connectivity index (χ3n) is 2.84. The van der Waals surface area contributed by atoms with E-state index in [-0.39, 0.29) is 0 Å². The number of aromatic nitrogens is 2. The van der Waals surface area contributed by atoms with Crippen LogP contribution in [0.2, 0.25) is 5.15 Å². The topological polar surface area (TPSA) is 41.1 Å². The van der Waals surface area contributed by atoms with Gasteiger partial charge in [0.15, 0.2) is 0 Å². The molecule has 0 unspecified atom stereocenters. The van der Waals surface area contributed by atoms with E-state index < -0.39 is 0 Å². The van der Waals surface area contributed by atoms with Gasteiger partial charge in [-0.2, -0.15) is 0 Å². The molecule has 4 nitrogen and oxygen atoms in total. The van der Waals surface area contributed by atoms with E-state index in [1.807, 2.05) is 13.8 Å². The second kappa shape index (κ2) is 6.17. The van der Waals surface area contributed by atoms with E-state index in [1.54, 1.807) is 0 Å². The Morgan fingerprint density at radius 3 is 2.53 bits per heavy atom. The molecule has 1 aromatic heterocycles. The second-order valence-electron chi connectivity index (χ2n) is 4.54. The Labute approximate surface area is 108 Å². The third-order valence-corrected chi connectivity index (χ3v) is 3.20. The van der Waals surface area contributed by atoms with Crippen molar-refractivity contribution in [2.24, 2.45) is 0 Å². The third kappa shape index (κ3) is 4.13. The first-order valence-electron chi connectivity index (χ1n) is 5.86. The van der Waals surface area contributed by atoms with E-state index in [1.165, 1.54) is 0 Å². The number of rotatable bonds is 5. The summed E-state index contributed by atoms with van der Waals surface area (Å²) in [6, 6.07) is 0.550. The van der Waals surface area contributed by atoms with E-state index in [2.05, 4.69) is 41.1 Å². The van der Waals surface area contributed by atoms with Crippen LogP contribution >= 0.6 is 11.6 Å². The van der Waals surface area contributed by atoms with Crippen molar-refractivity contribution in [1.29, 1.82) is 0 Å². The zero-order valence-corrected chi connectivity index (χ0v) is 12.0. The fraction of sp³-hybridized carbons (Fsp3) is 0.667. The Morgan fingerprint density at radius 2 is 1.94 bits per heavy atom. The Balaban J connectivity index is 2.58. The van der Waals surface area contributed by atoms with Crippen LogP contribution in [0.15, 0.2) is 0 Å². The van der Waals surface area contributed by atoms with Crippen molar-refractivity contribution in [3.8, 4) is 0 Å². The summed E-state index contributed by atoms with van der Waals surface area (Å²) in [5.41, 5.74) is 0.907. The summed E-state index contributed by atoms with van der Waals surface area (Å²) in [6.07, 6.45) is 0. The predicted octanol–water partition coefficient (Wildman–Crippen LogP) is 2.50. The van der Waals surface area contributed by atoms with Crippen LogP contribution in [0.25, 0.3) is 0 Å². The molecule has 1 rings (SSSR count). The molecule has 0 aliphatic carbocycles. The molecule has 0 aromatic carbocycles. The second-order valence-corrected chi connectivity index (χ2v) is 4.89. The van der Waals surface area contributed by atoms with Crippen LogP contribution in [0.4, 0.5) is 5.82 Å². The molecule has 0 radical (unpaired) electrons. The van der Waals surface area contributed by atoms with Gasteiger partial charge in [0.2, 0.25) is 0 Å². The molecule has 0 aliphatic heterocycles. The van der Waals surface area contributed by atoms with Crippen LogP contribution in [0.5, 0.6) is 0 Å². The monoisotopic (exact) mass is 256 g/mol. The van der Waals surface area contributed by atoms with Gasteiger partial charge in [-0.15, -0.1) is 0 Å². The fourth-order valence-electron chi connectivity index (χ4n) is 1.38. The summed E-state index contributed by atoms with van der Waals surface area (Å²) >= 11 is 6.01. The summed E-state index contributed by atoms with van der Waals surface area (Å²) in [5.74, 6) is 1.53. The van der Waals surface area contributed by atoms with Crippen molar-refractivity contribution in [3.05, 3.63) is 16.5 Å².